The molecule has 94 valence electrons. The van der Waals surface area contributed by atoms with Crippen LogP contribution in [0.5, 0.6) is 0 Å². The predicted molar refractivity (Wildman–Crippen MR) is 57.5 cm³/mol. The van der Waals surface area contributed by atoms with Gasteiger partial charge in [0.25, 0.3) is 0 Å². The van der Waals surface area contributed by atoms with E-state index < -0.39 is 18.2 Å². The number of rotatable bonds is 6. The molecule has 0 aliphatic rings. The zero-order valence-corrected chi connectivity index (χ0v) is 10.5. The minimum atomic E-state index is -0.829. The molecule has 0 bridgehead atoms. The van der Waals surface area contributed by atoms with Gasteiger partial charge in [0.05, 0.1) is 12.5 Å². The molecule has 0 aromatic carbocycles. The largest absolute Gasteiger partial charge is 0.425 e. The van der Waals surface area contributed by atoms with E-state index in [4.69, 9.17) is 14.2 Å². The van der Waals surface area contributed by atoms with Crippen LogP contribution < -0.4 is 0 Å². The van der Waals surface area contributed by atoms with E-state index in [1.54, 1.807) is 6.92 Å². The lowest BCUT2D eigenvalue weighted by atomic mass is 10.2. The summed E-state index contributed by atoms with van der Waals surface area (Å²) < 4.78 is 14.8. The van der Waals surface area contributed by atoms with E-state index in [1.165, 1.54) is 14.0 Å². The van der Waals surface area contributed by atoms with Gasteiger partial charge in [-0.3, -0.25) is 9.59 Å². The zero-order chi connectivity index (χ0) is 12.7. The molecule has 0 rings (SSSR count). The molecule has 0 fully saturated rings. The first kappa shape index (κ1) is 14.9. The second-order valence-corrected chi connectivity index (χ2v) is 4.02. The Balaban J connectivity index is 4.28. The highest BCUT2D eigenvalue weighted by Crippen LogP contribution is 2.11. The first-order valence-corrected chi connectivity index (χ1v) is 5.25. The Morgan fingerprint density at radius 3 is 2.06 bits per heavy atom. The highest BCUT2D eigenvalue weighted by Gasteiger charge is 2.24. The maximum absolute atomic E-state index is 11.5. The molecule has 0 N–H and O–H groups in total. The maximum atomic E-state index is 11.5. The average molecular weight is 232 g/mol. The van der Waals surface area contributed by atoms with Crippen LogP contribution in [0.25, 0.3) is 0 Å². The molecule has 0 aliphatic heterocycles. The standard InChI is InChI=1S/C11H20O5/c1-7(2)11(15-9(4)12)16-10(13)8(3)6-14-5/h7-8,11H,6H2,1-5H3. The molecular weight excluding hydrogens is 212 g/mol. The fourth-order valence-electron chi connectivity index (χ4n) is 1.01. The van der Waals surface area contributed by atoms with Gasteiger partial charge in [0.2, 0.25) is 6.29 Å². The summed E-state index contributed by atoms with van der Waals surface area (Å²) in [5.41, 5.74) is 0. The van der Waals surface area contributed by atoms with Gasteiger partial charge < -0.3 is 14.2 Å². The van der Waals surface area contributed by atoms with E-state index >= 15 is 0 Å². The van der Waals surface area contributed by atoms with E-state index in [0.717, 1.165) is 0 Å². The Kier molecular flexibility index (Phi) is 6.72. The molecule has 16 heavy (non-hydrogen) atoms. The normalized spacial score (nSPS) is 14.4. The molecule has 0 radical (unpaired) electrons. The van der Waals surface area contributed by atoms with E-state index in [1.807, 2.05) is 13.8 Å². The lowest BCUT2D eigenvalue weighted by molar-refractivity contribution is -0.197. The molecule has 5 heteroatoms. The minimum Gasteiger partial charge on any atom is -0.425 e. The maximum Gasteiger partial charge on any atom is 0.314 e. The van der Waals surface area contributed by atoms with Gasteiger partial charge in [0, 0.05) is 20.0 Å². The van der Waals surface area contributed by atoms with Crippen LogP contribution in [0.4, 0.5) is 0 Å². The van der Waals surface area contributed by atoms with Crippen molar-refractivity contribution < 1.29 is 23.8 Å². The topological polar surface area (TPSA) is 61.8 Å². The zero-order valence-electron chi connectivity index (χ0n) is 10.5. The van der Waals surface area contributed by atoms with Crippen LogP contribution in [-0.2, 0) is 23.8 Å². The van der Waals surface area contributed by atoms with Gasteiger partial charge in [-0.2, -0.15) is 0 Å². The Hall–Kier alpha value is -1.10. The molecule has 0 heterocycles. The van der Waals surface area contributed by atoms with Crippen LogP contribution >= 0.6 is 0 Å². The summed E-state index contributed by atoms with van der Waals surface area (Å²) in [7, 11) is 1.51. The fraction of sp³-hybridized carbons (Fsp3) is 0.818. The molecule has 0 amide bonds. The van der Waals surface area contributed by atoms with Crippen molar-refractivity contribution in [1.82, 2.24) is 0 Å². The van der Waals surface area contributed by atoms with E-state index in [0.29, 0.717) is 0 Å². The number of ether oxygens (including phenoxy) is 3. The number of carbonyl (C=O) groups is 2. The average Bonchev–Trinajstić information content (AvgIpc) is 2.16. The van der Waals surface area contributed by atoms with Crippen LogP contribution in [0.3, 0.4) is 0 Å². The summed E-state index contributed by atoms with van der Waals surface area (Å²) in [4.78, 5) is 22.3. The van der Waals surface area contributed by atoms with Gasteiger partial charge in [-0.25, -0.2) is 0 Å². The van der Waals surface area contributed by atoms with Gasteiger partial charge in [0.1, 0.15) is 0 Å². The third-order valence-electron chi connectivity index (χ3n) is 1.88. The minimum absolute atomic E-state index is 0.0809. The van der Waals surface area contributed by atoms with Crippen molar-refractivity contribution in [1.29, 1.82) is 0 Å². The van der Waals surface area contributed by atoms with Gasteiger partial charge >= 0.3 is 11.9 Å². The highest BCUT2D eigenvalue weighted by atomic mass is 16.7. The van der Waals surface area contributed by atoms with Gasteiger partial charge in [-0.05, 0) is 6.92 Å². The Morgan fingerprint density at radius 2 is 1.69 bits per heavy atom. The quantitative estimate of drug-likeness (QED) is 0.511. The molecule has 0 saturated heterocycles. The Labute approximate surface area is 96.1 Å². The van der Waals surface area contributed by atoms with Crippen molar-refractivity contribution in [3.8, 4) is 0 Å². The predicted octanol–water partition coefficient (Wildman–Crippen LogP) is 1.36. The molecular formula is C11H20O5. The third-order valence-corrected chi connectivity index (χ3v) is 1.88. The summed E-state index contributed by atoms with van der Waals surface area (Å²) in [6.45, 7) is 6.87. The van der Waals surface area contributed by atoms with Gasteiger partial charge in [-0.15, -0.1) is 0 Å². The number of hydrogen-bond acceptors (Lipinski definition) is 5. The van der Waals surface area contributed by atoms with E-state index in [9.17, 15) is 9.59 Å². The van der Waals surface area contributed by atoms with Crippen molar-refractivity contribution in [2.75, 3.05) is 13.7 Å². The molecule has 0 aliphatic carbocycles. The van der Waals surface area contributed by atoms with E-state index in [2.05, 4.69) is 0 Å². The lowest BCUT2D eigenvalue weighted by Gasteiger charge is -2.22. The smallest absolute Gasteiger partial charge is 0.314 e. The molecule has 0 aromatic rings. The van der Waals surface area contributed by atoms with Crippen molar-refractivity contribution >= 4 is 11.9 Å². The lowest BCUT2D eigenvalue weighted by Crippen LogP contribution is -2.31. The molecule has 2 unspecified atom stereocenters. The van der Waals surface area contributed by atoms with Crippen LogP contribution in [0.1, 0.15) is 27.7 Å². The van der Waals surface area contributed by atoms with Gasteiger partial charge in [-0.1, -0.05) is 13.8 Å². The Bertz CT molecular complexity index is 237. The highest BCUT2D eigenvalue weighted by molar-refractivity contribution is 5.72. The Morgan fingerprint density at radius 1 is 1.12 bits per heavy atom. The first-order valence-electron chi connectivity index (χ1n) is 5.25. The summed E-state index contributed by atoms with van der Waals surface area (Å²) in [5.74, 6) is -1.35. The van der Waals surface area contributed by atoms with Crippen LogP contribution in [0.15, 0.2) is 0 Å². The van der Waals surface area contributed by atoms with Crippen molar-refractivity contribution in [2.45, 2.75) is 34.0 Å². The molecule has 0 spiro atoms. The molecule has 0 saturated carbocycles. The van der Waals surface area contributed by atoms with Crippen LogP contribution in [0, 0.1) is 11.8 Å². The fourth-order valence-corrected chi connectivity index (χ4v) is 1.01. The summed E-state index contributed by atoms with van der Waals surface area (Å²) in [5, 5.41) is 0. The molecule has 0 aromatic heterocycles. The first-order chi connectivity index (χ1) is 7.38. The third kappa shape index (κ3) is 5.70. The van der Waals surface area contributed by atoms with Crippen molar-refractivity contribution in [3.05, 3.63) is 0 Å². The number of hydrogen-bond donors (Lipinski definition) is 0. The molecule has 5 nitrogen and oxygen atoms in total. The summed E-state index contributed by atoms with van der Waals surface area (Å²) in [6.07, 6.45) is -0.829. The summed E-state index contributed by atoms with van der Waals surface area (Å²) >= 11 is 0. The van der Waals surface area contributed by atoms with E-state index in [-0.39, 0.29) is 18.4 Å². The number of carbonyl (C=O) groups excluding carboxylic acids is 2. The van der Waals surface area contributed by atoms with Crippen molar-refractivity contribution in [2.24, 2.45) is 11.8 Å². The number of methoxy groups -OCH3 is 1. The SMILES string of the molecule is COCC(C)C(=O)OC(OC(C)=O)C(C)C. The number of esters is 2. The molecule has 2 atom stereocenters. The van der Waals surface area contributed by atoms with Crippen LogP contribution in [-0.4, -0.2) is 31.9 Å². The monoisotopic (exact) mass is 232 g/mol. The second-order valence-electron chi connectivity index (χ2n) is 4.02. The second kappa shape index (κ2) is 7.22. The van der Waals surface area contributed by atoms with Gasteiger partial charge in [0.15, 0.2) is 0 Å². The van der Waals surface area contributed by atoms with Crippen LogP contribution in [0.2, 0.25) is 0 Å². The van der Waals surface area contributed by atoms with Crippen molar-refractivity contribution in [3.63, 3.8) is 0 Å². The summed E-state index contributed by atoms with van der Waals surface area (Å²) in [6, 6.07) is 0.